The molecule has 0 atom stereocenters. The highest BCUT2D eigenvalue weighted by atomic mass is 19.1. The number of hydrogen-bond acceptors (Lipinski definition) is 3. The van der Waals surface area contributed by atoms with Crippen molar-refractivity contribution in [1.29, 1.82) is 0 Å². The zero-order chi connectivity index (χ0) is 17.6. The van der Waals surface area contributed by atoms with Crippen molar-refractivity contribution in [2.75, 3.05) is 26.7 Å². The molecule has 134 valence electrons. The smallest absolute Gasteiger partial charge is 0.305 e. The molecule has 0 aliphatic rings. The SMILES string of the molecule is CCNC(=NCCCCCC(=O)OC)NCCc1ccc(F)cc1. The molecular formula is C18H28FN3O2. The predicted molar refractivity (Wildman–Crippen MR) is 94.6 cm³/mol. The fourth-order valence-corrected chi connectivity index (χ4v) is 2.17. The Balaban J connectivity index is 2.24. The van der Waals surface area contributed by atoms with Gasteiger partial charge in [0.2, 0.25) is 0 Å². The highest BCUT2D eigenvalue weighted by molar-refractivity contribution is 5.79. The number of nitrogens with zero attached hydrogens (tertiary/aromatic N) is 1. The molecule has 2 N–H and O–H groups in total. The Kier molecular flexibility index (Phi) is 10.2. The van der Waals surface area contributed by atoms with Crippen molar-refractivity contribution in [3.63, 3.8) is 0 Å². The largest absolute Gasteiger partial charge is 0.469 e. The third kappa shape index (κ3) is 9.12. The number of nitrogens with one attached hydrogen (secondary N) is 2. The standard InChI is InChI=1S/C18H28FN3O2/c1-3-20-18(21-13-6-4-5-7-17(23)24-2)22-14-12-15-8-10-16(19)11-9-15/h8-11H,3-7,12-14H2,1-2H3,(H2,20,21,22). The first-order valence-corrected chi connectivity index (χ1v) is 8.49. The van der Waals surface area contributed by atoms with E-state index in [9.17, 15) is 9.18 Å². The van der Waals surface area contributed by atoms with Crippen molar-refractivity contribution >= 4 is 11.9 Å². The van der Waals surface area contributed by atoms with E-state index in [1.165, 1.54) is 19.2 Å². The number of ether oxygens (including phenoxy) is 1. The van der Waals surface area contributed by atoms with Crippen molar-refractivity contribution in [2.24, 2.45) is 4.99 Å². The first-order chi connectivity index (χ1) is 11.7. The van der Waals surface area contributed by atoms with Crippen LogP contribution in [0.4, 0.5) is 4.39 Å². The van der Waals surface area contributed by atoms with Crippen LogP contribution in [0.1, 0.15) is 38.2 Å². The molecule has 0 aromatic heterocycles. The van der Waals surface area contributed by atoms with E-state index >= 15 is 0 Å². The number of aliphatic imine (C=N–C) groups is 1. The summed E-state index contributed by atoms with van der Waals surface area (Å²) in [5.41, 5.74) is 1.09. The van der Waals surface area contributed by atoms with Gasteiger partial charge in [-0.2, -0.15) is 0 Å². The summed E-state index contributed by atoms with van der Waals surface area (Å²) >= 11 is 0. The van der Waals surface area contributed by atoms with E-state index in [4.69, 9.17) is 0 Å². The number of unbranched alkanes of at least 4 members (excludes halogenated alkanes) is 2. The maximum Gasteiger partial charge on any atom is 0.305 e. The lowest BCUT2D eigenvalue weighted by molar-refractivity contribution is -0.140. The van der Waals surface area contributed by atoms with Crippen molar-refractivity contribution in [3.8, 4) is 0 Å². The highest BCUT2D eigenvalue weighted by Gasteiger charge is 2.00. The zero-order valence-electron chi connectivity index (χ0n) is 14.6. The van der Waals surface area contributed by atoms with Crippen LogP contribution in [0, 0.1) is 5.82 Å². The molecule has 0 amide bonds. The lowest BCUT2D eigenvalue weighted by atomic mass is 10.1. The molecule has 5 nitrogen and oxygen atoms in total. The third-order valence-corrected chi connectivity index (χ3v) is 3.50. The van der Waals surface area contributed by atoms with Gasteiger partial charge >= 0.3 is 5.97 Å². The number of guanidine groups is 1. The molecular weight excluding hydrogens is 309 g/mol. The summed E-state index contributed by atoms with van der Waals surface area (Å²) in [6.07, 6.45) is 4.00. The summed E-state index contributed by atoms with van der Waals surface area (Å²) in [5, 5.41) is 6.47. The number of halogens is 1. The maximum absolute atomic E-state index is 12.9. The fraction of sp³-hybridized carbons (Fsp3) is 0.556. The van der Waals surface area contributed by atoms with Crippen LogP contribution >= 0.6 is 0 Å². The molecule has 0 aliphatic carbocycles. The molecule has 1 rings (SSSR count). The molecule has 24 heavy (non-hydrogen) atoms. The number of carbonyl (C=O) groups excluding carboxylic acids is 1. The lowest BCUT2D eigenvalue weighted by Crippen LogP contribution is -2.38. The van der Waals surface area contributed by atoms with E-state index in [0.29, 0.717) is 13.0 Å². The summed E-state index contributed by atoms with van der Waals surface area (Å²) < 4.78 is 17.5. The van der Waals surface area contributed by atoms with Crippen LogP contribution in [0.2, 0.25) is 0 Å². The van der Waals surface area contributed by atoms with E-state index in [1.54, 1.807) is 12.1 Å². The van der Waals surface area contributed by atoms with Crippen molar-refractivity contribution in [3.05, 3.63) is 35.6 Å². The Morgan fingerprint density at radius 1 is 1.17 bits per heavy atom. The van der Waals surface area contributed by atoms with Crippen molar-refractivity contribution < 1.29 is 13.9 Å². The number of methoxy groups -OCH3 is 1. The van der Waals surface area contributed by atoms with Crippen LogP contribution in [-0.4, -0.2) is 38.7 Å². The molecule has 0 spiro atoms. The molecule has 0 fully saturated rings. The molecule has 0 unspecified atom stereocenters. The Hall–Kier alpha value is -2.11. The Morgan fingerprint density at radius 3 is 2.58 bits per heavy atom. The van der Waals surface area contributed by atoms with Crippen LogP contribution in [0.3, 0.4) is 0 Å². The van der Waals surface area contributed by atoms with Gasteiger partial charge in [-0.1, -0.05) is 18.6 Å². The van der Waals surface area contributed by atoms with Gasteiger partial charge in [0.05, 0.1) is 7.11 Å². The van der Waals surface area contributed by atoms with E-state index in [0.717, 1.165) is 50.3 Å². The summed E-state index contributed by atoms with van der Waals surface area (Å²) in [5.74, 6) is 0.413. The number of carbonyl (C=O) groups is 1. The normalized spacial score (nSPS) is 11.2. The van der Waals surface area contributed by atoms with Crippen LogP contribution in [0.15, 0.2) is 29.3 Å². The number of rotatable bonds is 10. The Morgan fingerprint density at radius 2 is 1.92 bits per heavy atom. The topological polar surface area (TPSA) is 62.7 Å². The van der Waals surface area contributed by atoms with E-state index < -0.39 is 0 Å². The quantitative estimate of drug-likeness (QED) is 0.298. The minimum Gasteiger partial charge on any atom is -0.469 e. The van der Waals surface area contributed by atoms with E-state index in [2.05, 4.69) is 20.4 Å². The monoisotopic (exact) mass is 337 g/mol. The Labute approximate surface area is 143 Å². The second kappa shape index (κ2) is 12.3. The minimum absolute atomic E-state index is 0.158. The van der Waals surface area contributed by atoms with Crippen LogP contribution in [0.25, 0.3) is 0 Å². The van der Waals surface area contributed by atoms with Crippen molar-refractivity contribution in [1.82, 2.24) is 10.6 Å². The van der Waals surface area contributed by atoms with Gasteiger partial charge in [-0.3, -0.25) is 9.79 Å². The minimum atomic E-state index is -0.214. The van der Waals surface area contributed by atoms with Gasteiger partial charge in [0, 0.05) is 26.1 Å². The molecule has 0 saturated heterocycles. The van der Waals surface area contributed by atoms with Gasteiger partial charge in [-0.15, -0.1) is 0 Å². The lowest BCUT2D eigenvalue weighted by Gasteiger charge is -2.11. The maximum atomic E-state index is 12.9. The average molecular weight is 337 g/mol. The Bertz CT molecular complexity index is 503. The number of hydrogen-bond donors (Lipinski definition) is 2. The predicted octanol–water partition coefficient (Wildman–Crippen LogP) is 2.66. The summed E-state index contributed by atoms with van der Waals surface area (Å²) in [6, 6.07) is 6.54. The second-order valence-electron chi connectivity index (χ2n) is 5.45. The highest BCUT2D eigenvalue weighted by Crippen LogP contribution is 2.03. The number of benzene rings is 1. The van der Waals surface area contributed by atoms with Crippen LogP contribution in [-0.2, 0) is 16.0 Å². The van der Waals surface area contributed by atoms with Gasteiger partial charge in [0.15, 0.2) is 5.96 Å². The zero-order valence-corrected chi connectivity index (χ0v) is 14.6. The van der Waals surface area contributed by atoms with E-state index in [1.807, 2.05) is 6.92 Å². The summed E-state index contributed by atoms with van der Waals surface area (Å²) in [7, 11) is 1.41. The number of esters is 1. The van der Waals surface area contributed by atoms with Gasteiger partial charge < -0.3 is 15.4 Å². The molecule has 0 bridgehead atoms. The van der Waals surface area contributed by atoms with Gasteiger partial charge in [-0.05, 0) is 43.9 Å². The molecule has 0 heterocycles. The average Bonchev–Trinajstić information content (AvgIpc) is 2.59. The first kappa shape index (κ1) is 19.9. The molecule has 0 radical (unpaired) electrons. The van der Waals surface area contributed by atoms with Crippen molar-refractivity contribution in [2.45, 2.75) is 39.0 Å². The summed E-state index contributed by atoms with van der Waals surface area (Å²) in [4.78, 5) is 15.5. The molecule has 1 aromatic carbocycles. The first-order valence-electron chi connectivity index (χ1n) is 8.49. The summed E-state index contributed by atoms with van der Waals surface area (Å²) in [6.45, 7) is 4.27. The van der Waals surface area contributed by atoms with Gasteiger partial charge in [-0.25, -0.2) is 4.39 Å². The molecule has 0 aliphatic heterocycles. The third-order valence-electron chi connectivity index (χ3n) is 3.50. The molecule has 1 aromatic rings. The molecule has 0 saturated carbocycles. The van der Waals surface area contributed by atoms with Crippen LogP contribution < -0.4 is 10.6 Å². The van der Waals surface area contributed by atoms with Gasteiger partial charge in [0.25, 0.3) is 0 Å². The second-order valence-corrected chi connectivity index (χ2v) is 5.45. The van der Waals surface area contributed by atoms with E-state index in [-0.39, 0.29) is 11.8 Å². The van der Waals surface area contributed by atoms with Crippen LogP contribution in [0.5, 0.6) is 0 Å². The van der Waals surface area contributed by atoms with Gasteiger partial charge in [0.1, 0.15) is 5.82 Å². The molecule has 6 heteroatoms. The fourth-order valence-electron chi connectivity index (χ4n) is 2.17.